The Morgan fingerprint density at radius 3 is 2.52 bits per heavy atom. The van der Waals surface area contributed by atoms with E-state index in [0.29, 0.717) is 6.42 Å². The fraction of sp³-hybridized carbons (Fsp3) is 0.286. The van der Waals surface area contributed by atoms with Gasteiger partial charge < -0.3 is 14.9 Å². The summed E-state index contributed by atoms with van der Waals surface area (Å²) in [5, 5.41) is 22.2. The van der Waals surface area contributed by atoms with Crippen molar-refractivity contribution < 1.29 is 24.5 Å². The van der Waals surface area contributed by atoms with E-state index in [0.717, 1.165) is 5.56 Å². The van der Waals surface area contributed by atoms with Crippen LogP contribution >= 0.6 is 0 Å². The van der Waals surface area contributed by atoms with Crippen LogP contribution in [0.4, 0.5) is 0 Å². The fourth-order valence-corrected chi connectivity index (χ4v) is 3.99. The Bertz CT molecular complexity index is 954. The molecule has 27 heavy (non-hydrogen) atoms. The van der Waals surface area contributed by atoms with E-state index in [1.807, 2.05) is 30.3 Å². The smallest absolute Gasteiger partial charge is 0.318 e. The van der Waals surface area contributed by atoms with Crippen molar-refractivity contribution in [3.63, 3.8) is 0 Å². The number of carbonyl (C=O) groups is 2. The number of aliphatic hydroxyl groups is 2. The third kappa shape index (κ3) is 2.37. The lowest BCUT2D eigenvalue weighted by atomic mass is 9.79. The van der Waals surface area contributed by atoms with Crippen LogP contribution in [-0.4, -0.2) is 39.9 Å². The number of aliphatic imine (C=N–C) groups is 1. The summed E-state index contributed by atoms with van der Waals surface area (Å²) < 4.78 is 5.32. The van der Waals surface area contributed by atoms with E-state index >= 15 is 0 Å². The van der Waals surface area contributed by atoms with E-state index in [1.165, 1.54) is 19.1 Å². The van der Waals surface area contributed by atoms with Crippen LogP contribution in [0.3, 0.4) is 0 Å². The molecule has 6 heteroatoms. The van der Waals surface area contributed by atoms with Crippen LogP contribution in [0.2, 0.25) is 0 Å². The quantitative estimate of drug-likeness (QED) is 0.803. The minimum absolute atomic E-state index is 0.0995. The molecule has 0 fully saturated rings. The van der Waals surface area contributed by atoms with Gasteiger partial charge in [0.2, 0.25) is 11.5 Å². The summed E-state index contributed by atoms with van der Waals surface area (Å²) in [7, 11) is 0. The zero-order valence-electron chi connectivity index (χ0n) is 14.8. The van der Waals surface area contributed by atoms with Crippen LogP contribution < -0.4 is 0 Å². The van der Waals surface area contributed by atoms with Gasteiger partial charge in [-0.05, 0) is 12.5 Å². The van der Waals surface area contributed by atoms with Gasteiger partial charge in [0.25, 0.3) is 0 Å². The largest absolute Gasteiger partial charge is 0.465 e. The molecule has 138 valence electrons. The van der Waals surface area contributed by atoms with Crippen molar-refractivity contribution >= 4 is 17.5 Å². The average Bonchev–Trinajstić information content (AvgIpc) is 2.97. The molecule has 1 unspecified atom stereocenters. The van der Waals surface area contributed by atoms with Gasteiger partial charge in [-0.2, -0.15) is 0 Å². The number of esters is 1. The number of rotatable bonds is 4. The number of hydrogen-bond acceptors (Lipinski definition) is 6. The van der Waals surface area contributed by atoms with Gasteiger partial charge in [-0.25, -0.2) is 0 Å². The number of fused-ring (bicyclic) bond motifs is 3. The Morgan fingerprint density at radius 1 is 1.11 bits per heavy atom. The fourth-order valence-electron chi connectivity index (χ4n) is 3.99. The highest BCUT2D eigenvalue weighted by Gasteiger charge is 2.72. The lowest BCUT2D eigenvalue weighted by molar-refractivity contribution is -0.164. The van der Waals surface area contributed by atoms with Gasteiger partial charge in [-0.1, -0.05) is 54.6 Å². The second-order valence-corrected chi connectivity index (χ2v) is 6.90. The van der Waals surface area contributed by atoms with Crippen LogP contribution in [0.5, 0.6) is 0 Å². The Labute approximate surface area is 156 Å². The molecule has 0 amide bonds. The Balaban J connectivity index is 1.58. The second-order valence-electron chi connectivity index (χ2n) is 6.90. The van der Waals surface area contributed by atoms with Crippen molar-refractivity contribution in [1.82, 2.24) is 0 Å². The monoisotopic (exact) mass is 365 g/mol. The molecule has 4 rings (SSSR count). The molecule has 0 aromatic heterocycles. The summed E-state index contributed by atoms with van der Waals surface area (Å²) in [6, 6.07) is 15.8. The third-order valence-corrected chi connectivity index (χ3v) is 5.31. The van der Waals surface area contributed by atoms with Crippen molar-refractivity contribution in [1.29, 1.82) is 0 Å². The van der Waals surface area contributed by atoms with Gasteiger partial charge in [0.05, 0.1) is 6.61 Å². The summed E-state index contributed by atoms with van der Waals surface area (Å²) in [5.74, 6) is -2.84. The van der Waals surface area contributed by atoms with Crippen LogP contribution in [0.1, 0.15) is 28.4 Å². The van der Waals surface area contributed by atoms with E-state index < -0.39 is 29.0 Å². The molecule has 2 N–H and O–H groups in total. The van der Waals surface area contributed by atoms with Crippen molar-refractivity contribution in [3.8, 4) is 0 Å². The van der Waals surface area contributed by atoms with E-state index in [1.54, 1.807) is 12.1 Å². The van der Waals surface area contributed by atoms with Crippen molar-refractivity contribution in [2.24, 2.45) is 10.9 Å². The number of ether oxygens (including phenoxy) is 1. The molecule has 0 spiro atoms. The third-order valence-electron chi connectivity index (χ3n) is 5.31. The Hall–Kier alpha value is -2.83. The molecule has 1 aliphatic carbocycles. The normalized spacial score (nSPS) is 28.5. The van der Waals surface area contributed by atoms with Crippen molar-refractivity contribution in [3.05, 3.63) is 71.3 Å². The molecular weight excluding hydrogens is 346 g/mol. The van der Waals surface area contributed by atoms with Gasteiger partial charge in [0.1, 0.15) is 5.92 Å². The number of ketones is 1. The van der Waals surface area contributed by atoms with Gasteiger partial charge in [-0.3, -0.25) is 14.6 Å². The lowest BCUT2D eigenvalue weighted by Gasteiger charge is -2.31. The Kier molecular flexibility index (Phi) is 3.98. The molecule has 6 nitrogen and oxygen atoms in total. The second kappa shape index (κ2) is 6.11. The first-order valence-corrected chi connectivity index (χ1v) is 8.75. The number of carbonyl (C=O) groups excluding carboxylic acids is 2. The maximum Gasteiger partial charge on any atom is 0.318 e. The minimum atomic E-state index is -2.38. The first-order valence-electron chi connectivity index (χ1n) is 8.75. The van der Waals surface area contributed by atoms with E-state index in [4.69, 9.17) is 4.74 Å². The van der Waals surface area contributed by atoms with Crippen LogP contribution in [0.15, 0.2) is 59.6 Å². The molecule has 2 aromatic carbocycles. The summed E-state index contributed by atoms with van der Waals surface area (Å²) in [6.07, 6.45) is 0.506. The van der Waals surface area contributed by atoms with E-state index in [-0.39, 0.29) is 23.4 Å². The highest BCUT2D eigenvalue weighted by atomic mass is 16.5. The van der Waals surface area contributed by atoms with E-state index in [2.05, 4.69) is 4.99 Å². The number of hydrogen-bond donors (Lipinski definition) is 2. The first-order chi connectivity index (χ1) is 12.9. The zero-order valence-corrected chi connectivity index (χ0v) is 14.8. The van der Waals surface area contributed by atoms with Crippen LogP contribution in [-0.2, 0) is 21.7 Å². The molecule has 0 saturated heterocycles. The molecule has 0 saturated carbocycles. The van der Waals surface area contributed by atoms with Gasteiger partial charge in [-0.15, -0.1) is 0 Å². The molecule has 1 aliphatic heterocycles. The predicted molar refractivity (Wildman–Crippen MR) is 97.3 cm³/mol. The molecule has 2 aromatic rings. The molecular formula is C21H19NO5. The number of Topliss-reactive ketones (excluding diaryl/α,β-unsaturated/α-hetero) is 1. The molecule has 2 aliphatic rings. The molecule has 1 heterocycles. The topological polar surface area (TPSA) is 96.2 Å². The summed E-state index contributed by atoms with van der Waals surface area (Å²) in [5.41, 5.74) is -3.01. The summed E-state index contributed by atoms with van der Waals surface area (Å²) in [4.78, 5) is 29.7. The highest BCUT2D eigenvalue weighted by Crippen LogP contribution is 2.53. The zero-order chi connectivity index (χ0) is 19.2. The lowest BCUT2D eigenvalue weighted by Crippen LogP contribution is -2.56. The average molecular weight is 365 g/mol. The maximum absolute atomic E-state index is 12.9. The SMILES string of the molecule is CC1=N[C@]2(O)c3ccccc3C(=O)[C@@]2(O)C1C(=O)OCCc1ccccc1. The maximum atomic E-state index is 12.9. The van der Waals surface area contributed by atoms with Gasteiger partial charge in [0.15, 0.2) is 5.60 Å². The molecule has 3 atom stereocenters. The van der Waals surface area contributed by atoms with Gasteiger partial charge in [0, 0.05) is 23.3 Å². The van der Waals surface area contributed by atoms with Gasteiger partial charge >= 0.3 is 5.97 Å². The Morgan fingerprint density at radius 2 is 1.78 bits per heavy atom. The predicted octanol–water partition coefficient (Wildman–Crippen LogP) is 1.64. The molecule has 0 bridgehead atoms. The highest BCUT2D eigenvalue weighted by molar-refractivity contribution is 6.18. The van der Waals surface area contributed by atoms with E-state index in [9.17, 15) is 19.8 Å². The first kappa shape index (κ1) is 17.6. The number of benzene rings is 2. The van der Waals surface area contributed by atoms with Crippen molar-refractivity contribution in [2.75, 3.05) is 6.61 Å². The van der Waals surface area contributed by atoms with Crippen LogP contribution in [0.25, 0.3) is 0 Å². The summed E-state index contributed by atoms with van der Waals surface area (Å²) >= 11 is 0. The minimum Gasteiger partial charge on any atom is -0.465 e. The summed E-state index contributed by atoms with van der Waals surface area (Å²) in [6.45, 7) is 1.61. The molecule has 0 radical (unpaired) electrons. The standard InChI is InChI=1S/C21H19NO5/c1-13-17(19(24)27-12-11-14-7-3-2-4-8-14)20(25)18(23)15-9-5-6-10-16(15)21(20,26)22-13/h2-10,17,25-26H,11-12H2,1H3/t17?,20-,21-/m0/s1. The van der Waals surface area contributed by atoms with Crippen LogP contribution in [0, 0.1) is 5.92 Å². The van der Waals surface area contributed by atoms with Crippen molar-refractivity contribution in [2.45, 2.75) is 24.7 Å². The number of nitrogens with zero attached hydrogens (tertiary/aromatic N) is 1.